The molecule has 0 aliphatic rings. The van der Waals surface area contributed by atoms with E-state index in [2.05, 4.69) is 179 Å². The molecule has 0 radical (unpaired) electrons. The molecule has 302 valence electrons. The smallest absolute Gasteiger partial charge is 0.0255 e. The molecule has 0 saturated carbocycles. The maximum absolute atomic E-state index is 4.15. The summed E-state index contributed by atoms with van der Waals surface area (Å²) in [6, 6.07) is 8.58. The van der Waals surface area contributed by atoms with Crippen molar-refractivity contribution >= 4 is 15.3 Å². The summed E-state index contributed by atoms with van der Waals surface area (Å²) < 4.78 is 0. The molecule has 1 rings (SSSR count). The topological polar surface area (TPSA) is 24.1 Å². The summed E-state index contributed by atoms with van der Waals surface area (Å²) in [6.07, 6.45) is 18.9. The SMILES string of the molecule is C=C(C)/C(=C(C)/C=C\C)C(C)(P)C=Cc1ccc(C)cc1.CC.CC.CCC.CCC.CCCC.CCCC.CCCNCCC.CCNC. The monoisotopic (exact) mass is 723 g/mol. The summed E-state index contributed by atoms with van der Waals surface area (Å²) in [5.41, 5.74) is 6.15. The quantitative estimate of drug-likeness (QED) is 0.127. The summed E-state index contributed by atoms with van der Waals surface area (Å²) in [6.45, 7) is 49.8. The highest BCUT2D eigenvalue weighted by atomic mass is 31.0. The molecule has 0 saturated heterocycles. The molecule has 0 spiro atoms. The predicted molar refractivity (Wildman–Crippen MR) is 249 cm³/mol. The molecule has 2 atom stereocenters. The Balaban J connectivity index is -0.0000000830. The van der Waals surface area contributed by atoms with Crippen molar-refractivity contribution in [2.75, 3.05) is 26.7 Å². The van der Waals surface area contributed by atoms with Crippen LogP contribution in [0.25, 0.3) is 6.08 Å². The summed E-state index contributed by atoms with van der Waals surface area (Å²) in [4.78, 5) is 0. The molecule has 0 aliphatic heterocycles. The average Bonchev–Trinajstić information content (AvgIpc) is 3.11. The zero-order valence-corrected chi connectivity index (χ0v) is 39.8. The number of hydrogen-bond donors (Lipinski definition) is 2. The Hall–Kier alpha value is -1.47. The lowest BCUT2D eigenvalue weighted by Crippen LogP contribution is -2.17. The van der Waals surface area contributed by atoms with Gasteiger partial charge in [0.2, 0.25) is 0 Å². The Kier molecular flexibility index (Phi) is 83.6. The summed E-state index contributed by atoms with van der Waals surface area (Å²) in [5, 5.41) is 6.09. The van der Waals surface area contributed by atoms with Crippen LogP contribution in [-0.4, -0.2) is 31.8 Å². The molecule has 0 aliphatic carbocycles. The van der Waals surface area contributed by atoms with E-state index in [0.717, 1.165) is 12.1 Å². The van der Waals surface area contributed by atoms with Gasteiger partial charge in [-0.3, -0.25) is 0 Å². The number of nitrogens with one attached hydrogen (secondary N) is 2. The van der Waals surface area contributed by atoms with E-state index < -0.39 is 0 Å². The Morgan fingerprint density at radius 3 is 1.30 bits per heavy atom. The summed E-state index contributed by atoms with van der Waals surface area (Å²) in [7, 11) is 4.89. The van der Waals surface area contributed by atoms with Crippen molar-refractivity contribution < 1.29 is 0 Å². The van der Waals surface area contributed by atoms with E-state index in [1.165, 1.54) is 86.7 Å². The van der Waals surface area contributed by atoms with E-state index >= 15 is 0 Å². The molecule has 3 heteroatoms. The number of rotatable bonds is 12. The minimum absolute atomic E-state index is 0.125. The first-order valence-corrected chi connectivity index (χ1v) is 21.2. The van der Waals surface area contributed by atoms with Crippen molar-refractivity contribution in [1.29, 1.82) is 0 Å². The molecule has 0 aromatic heterocycles. The Bertz CT molecular complexity index is 764. The number of aryl methyl sites for hydroxylation is 1. The zero-order valence-electron chi connectivity index (χ0n) is 38.7. The van der Waals surface area contributed by atoms with Gasteiger partial charge in [0.15, 0.2) is 0 Å². The van der Waals surface area contributed by atoms with Gasteiger partial charge in [-0.2, -0.15) is 0 Å². The van der Waals surface area contributed by atoms with Crippen LogP contribution in [-0.2, 0) is 0 Å². The van der Waals surface area contributed by atoms with Crippen LogP contribution in [0.4, 0.5) is 0 Å². The fourth-order valence-electron chi connectivity index (χ4n) is 3.06. The second kappa shape index (κ2) is 62.6. The van der Waals surface area contributed by atoms with E-state index in [1.54, 1.807) is 0 Å². The third-order valence-corrected chi connectivity index (χ3v) is 6.16. The summed E-state index contributed by atoms with van der Waals surface area (Å²) >= 11 is 0. The number of hydrogen-bond acceptors (Lipinski definition) is 2. The maximum atomic E-state index is 4.15. The van der Waals surface area contributed by atoms with E-state index in [9.17, 15) is 0 Å². The number of benzene rings is 1. The van der Waals surface area contributed by atoms with Crippen LogP contribution in [0.3, 0.4) is 0 Å². The molecular weight excluding hydrogens is 624 g/mol. The predicted octanol–water partition coefficient (Wildman–Crippen LogP) is 16.2. The van der Waals surface area contributed by atoms with Gasteiger partial charge < -0.3 is 10.6 Å². The second-order valence-corrected chi connectivity index (χ2v) is 12.9. The van der Waals surface area contributed by atoms with E-state index in [1.807, 2.05) is 41.7 Å². The standard InChI is InChI=1S/C20H27P.C6H15N.2C4H10.C3H9N.2C3H8.2C2H6/c1-7-8-17(5)19(15(2)3)20(6,21)14-13-18-11-9-16(4)10-12-18;1-3-5-7-6-4-2;3*1-3-4-2;2*1-3-2;2*1-2/h7-14H,2,21H2,1,3-6H3;7H,3-6H2,1-2H3;2*3-4H2,1-2H3;4H,3H2,1-2H3;2*3H2,1-2H3;2*1-2H3/b8-7-,14-13?,19-17-;;;;;;;;. The fourth-order valence-corrected chi connectivity index (χ4v) is 3.63. The fraction of sp³-hybridized carbons (Fsp3) is 0.702. The molecule has 0 amide bonds. The van der Waals surface area contributed by atoms with E-state index in [-0.39, 0.29) is 5.16 Å². The van der Waals surface area contributed by atoms with Gasteiger partial charge in [0.1, 0.15) is 0 Å². The first-order chi connectivity index (χ1) is 23.8. The molecule has 0 bridgehead atoms. The molecule has 1 aromatic rings. The molecule has 2 nitrogen and oxygen atoms in total. The van der Waals surface area contributed by atoms with Crippen LogP contribution in [0.1, 0.15) is 194 Å². The highest BCUT2D eigenvalue weighted by molar-refractivity contribution is 7.19. The molecule has 50 heavy (non-hydrogen) atoms. The van der Waals surface area contributed by atoms with Gasteiger partial charge in [-0.05, 0) is 90.9 Å². The molecular formula is C47H99N2P. The average molecular weight is 723 g/mol. The van der Waals surface area contributed by atoms with Gasteiger partial charge in [-0.1, -0.05) is 209 Å². The maximum Gasteiger partial charge on any atom is 0.0255 e. The van der Waals surface area contributed by atoms with Crippen molar-refractivity contribution in [3.8, 4) is 0 Å². The van der Waals surface area contributed by atoms with Gasteiger partial charge in [0.25, 0.3) is 0 Å². The lowest BCUT2D eigenvalue weighted by Gasteiger charge is -2.27. The third kappa shape index (κ3) is 65.0. The minimum atomic E-state index is -0.125. The van der Waals surface area contributed by atoms with Crippen molar-refractivity contribution in [2.45, 2.75) is 195 Å². The van der Waals surface area contributed by atoms with Gasteiger partial charge in [0.05, 0.1) is 0 Å². The molecule has 0 fully saturated rings. The van der Waals surface area contributed by atoms with Gasteiger partial charge in [0, 0.05) is 5.16 Å². The van der Waals surface area contributed by atoms with Crippen LogP contribution in [0.5, 0.6) is 0 Å². The van der Waals surface area contributed by atoms with Crippen LogP contribution in [0, 0.1) is 6.92 Å². The van der Waals surface area contributed by atoms with Crippen molar-refractivity contribution in [1.82, 2.24) is 10.6 Å². The highest BCUT2D eigenvalue weighted by Crippen LogP contribution is 2.36. The van der Waals surface area contributed by atoms with Crippen LogP contribution < -0.4 is 10.6 Å². The van der Waals surface area contributed by atoms with Crippen molar-refractivity contribution in [2.24, 2.45) is 0 Å². The number of unbranched alkanes of at least 4 members (excludes halogenated alkanes) is 2. The number of allylic oxidation sites excluding steroid dienone is 6. The second-order valence-electron chi connectivity index (χ2n) is 11.7. The van der Waals surface area contributed by atoms with Crippen LogP contribution >= 0.6 is 9.24 Å². The Morgan fingerprint density at radius 2 is 1.06 bits per heavy atom. The molecule has 0 heterocycles. The Labute approximate surface area is 323 Å². The van der Waals surface area contributed by atoms with Crippen LogP contribution in [0.2, 0.25) is 0 Å². The van der Waals surface area contributed by atoms with E-state index in [4.69, 9.17) is 0 Å². The lowest BCUT2D eigenvalue weighted by molar-refractivity contribution is 0.662. The molecule has 1 aromatic carbocycles. The third-order valence-electron chi connectivity index (χ3n) is 5.68. The van der Waals surface area contributed by atoms with Crippen molar-refractivity contribution in [3.05, 3.63) is 76.9 Å². The van der Waals surface area contributed by atoms with Gasteiger partial charge in [-0.15, -0.1) is 9.24 Å². The van der Waals surface area contributed by atoms with E-state index in [0.29, 0.717) is 0 Å². The molecule has 2 N–H and O–H groups in total. The summed E-state index contributed by atoms with van der Waals surface area (Å²) in [5.74, 6) is 0. The van der Waals surface area contributed by atoms with Gasteiger partial charge >= 0.3 is 0 Å². The normalized spacial score (nSPS) is 10.8. The largest absolute Gasteiger partial charge is 0.320 e. The lowest BCUT2D eigenvalue weighted by atomic mass is 9.89. The molecule has 2 unspecified atom stereocenters. The van der Waals surface area contributed by atoms with Crippen molar-refractivity contribution in [3.63, 3.8) is 0 Å². The highest BCUT2D eigenvalue weighted by Gasteiger charge is 2.22. The van der Waals surface area contributed by atoms with Gasteiger partial charge in [-0.25, -0.2) is 0 Å². The zero-order chi connectivity index (χ0) is 41.2. The first-order valence-electron chi connectivity index (χ1n) is 20.7. The first kappa shape index (κ1) is 66.7. The minimum Gasteiger partial charge on any atom is -0.320 e. The Morgan fingerprint density at radius 1 is 0.720 bits per heavy atom. The van der Waals surface area contributed by atoms with Crippen LogP contribution in [0.15, 0.2) is 65.8 Å².